The molecule has 1 aliphatic rings. The van der Waals surface area contributed by atoms with Crippen LogP contribution >= 0.6 is 0 Å². The first-order valence-corrected chi connectivity index (χ1v) is 5.76. The molecule has 1 aliphatic heterocycles. The van der Waals surface area contributed by atoms with E-state index >= 15 is 0 Å². The van der Waals surface area contributed by atoms with Gasteiger partial charge in [-0.3, -0.25) is 4.68 Å². The van der Waals surface area contributed by atoms with Crippen LogP contribution in [-0.2, 0) is 16.0 Å². The molecule has 0 radical (unpaired) electrons. The molecule has 1 fully saturated rings. The largest absolute Gasteiger partial charge is 0.353 e. The maximum absolute atomic E-state index is 12.6. The van der Waals surface area contributed by atoms with Gasteiger partial charge >= 0.3 is 0 Å². The van der Waals surface area contributed by atoms with Crippen LogP contribution in [0.2, 0.25) is 0 Å². The Labute approximate surface area is 94.3 Å². The molecule has 0 spiro atoms. The lowest BCUT2D eigenvalue weighted by Crippen LogP contribution is -2.23. The molecule has 2 rings (SSSR count). The fourth-order valence-corrected chi connectivity index (χ4v) is 1.74. The van der Waals surface area contributed by atoms with E-state index in [4.69, 9.17) is 9.47 Å². The van der Waals surface area contributed by atoms with Gasteiger partial charge in [-0.15, -0.1) is 0 Å². The fourth-order valence-electron chi connectivity index (χ4n) is 1.74. The molecule has 1 unspecified atom stereocenters. The standard InChI is InChI=1S/C11H17FN2O2/c12-10-8-13-14(9-10)5-3-7-16-11-4-1-2-6-15-11/h8-9,11H,1-7H2. The van der Waals surface area contributed by atoms with Gasteiger partial charge in [-0.1, -0.05) is 0 Å². The molecule has 0 saturated carbocycles. The lowest BCUT2D eigenvalue weighted by atomic mass is 10.2. The second-order valence-corrected chi connectivity index (χ2v) is 3.94. The van der Waals surface area contributed by atoms with Crippen LogP contribution in [0.3, 0.4) is 0 Å². The number of aromatic nitrogens is 2. The SMILES string of the molecule is Fc1cnn(CCCOC2CCCCO2)c1. The summed E-state index contributed by atoms with van der Waals surface area (Å²) in [5, 5.41) is 3.85. The highest BCUT2D eigenvalue weighted by Crippen LogP contribution is 2.13. The third kappa shape index (κ3) is 3.57. The van der Waals surface area contributed by atoms with Crippen LogP contribution in [0.5, 0.6) is 0 Å². The summed E-state index contributed by atoms with van der Waals surface area (Å²) in [4.78, 5) is 0. The molecular formula is C11H17FN2O2. The summed E-state index contributed by atoms with van der Waals surface area (Å²) in [6.07, 6.45) is 6.67. The van der Waals surface area contributed by atoms with Gasteiger partial charge in [0, 0.05) is 13.2 Å². The third-order valence-electron chi connectivity index (χ3n) is 2.57. The Bertz CT molecular complexity index is 311. The second kappa shape index (κ2) is 5.96. The van der Waals surface area contributed by atoms with Gasteiger partial charge in [0.2, 0.25) is 0 Å². The molecule has 2 heterocycles. The van der Waals surface area contributed by atoms with Gasteiger partial charge in [-0.25, -0.2) is 4.39 Å². The first kappa shape index (κ1) is 11.5. The molecule has 1 aromatic heterocycles. The van der Waals surface area contributed by atoms with E-state index < -0.39 is 0 Å². The summed E-state index contributed by atoms with van der Waals surface area (Å²) in [5.74, 6) is -0.295. The van der Waals surface area contributed by atoms with Crippen molar-refractivity contribution in [3.63, 3.8) is 0 Å². The van der Waals surface area contributed by atoms with Gasteiger partial charge in [0.15, 0.2) is 12.1 Å². The molecule has 4 nitrogen and oxygen atoms in total. The second-order valence-electron chi connectivity index (χ2n) is 3.94. The molecule has 0 bridgehead atoms. The maximum Gasteiger partial charge on any atom is 0.161 e. The summed E-state index contributed by atoms with van der Waals surface area (Å²) < 4.78 is 25.2. The predicted molar refractivity (Wildman–Crippen MR) is 56.3 cm³/mol. The van der Waals surface area contributed by atoms with Crippen LogP contribution in [0.25, 0.3) is 0 Å². The summed E-state index contributed by atoms with van der Waals surface area (Å²) in [7, 11) is 0. The molecule has 16 heavy (non-hydrogen) atoms. The van der Waals surface area contributed by atoms with E-state index in [1.165, 1.54) is 18.8 Å². The molecule has 0 N–H and O–H groups in total. The van der Waals surface area contributed by atoms with E-state index in [2.05, 4.69) is 5.10 Å². The van der Waals surface area contributed by atoms with Crippen molar-refractivity contribution in [3.8, 4) is 0 Å². The van der Waals surface area contributed by atoms with Gasteiger partial charge < -0.3 is 9.47 Å². The Morgan fingerprint density at radius 1 is 1.56 bits per heavy atom. The van der Waals surface area contributed by atoms with Crippen LogP contribution < -0.4 is 0 Å². The number of aryl methyl sites for hydroxylation is 1. The third-order valence-corrected chi connectivity index (χ3v) is 2.57. The van der Waals surface area contributed by atoms with E-state index in [9.17, 15) is 4.39 Å². The fraction of sp³-hybridized carbons (Fsp3) is 0.727. The molecule has 0 amide bonds. The van der Waals surface area contributed by atoms with Crippen LogP contribution in [-0.4, -0.2) is 29.3 Å². The molecule has 5 heteroatoms. The zero-order chi connectivity index (χ0) is 11.2. The first-order chi connectivity index (χ1) is 7.84. The lowest BCUT2D eigenvalue weighted by molar-refractivity contribution is -0.163. The van der Waals surface area contributed by atoms with Crippen molar-refractivity contribution in [1.29, 1.82) is 0 Å². The summed E-state index contributed by atoms with van der Waals surface area (Å²) >= 11 is 0. The van der Waals surface area contributed by atoms with E-state index in [0.717, 1.165) is 25.9 Å². The highest BCUT2D eigenvalue weighted by Gasteiger charge is 2.13. The van der Waals surface area contributed by atoms with Crippen LogP contribution in [0.4, 0.5) is 4.39 Å². The minimum Gasteiger partial charge on any atom is -0.353 e. The lowest BCUT2D eigenvalue weighted by Gasteiger charge is -2.22. The Balaban J connectivity index is 1.57. The molecule has 1 saturated heterocycles. The number of rotatable bonds is 5. The van der Waals surface area contributed by atoms with Gasteiger partial charge in [-0.2, -0.15) is 5.10 Å². The van der Waals surface area contributed by atoms with E-state index in [0.29, 0.717) is 13.2 Å². The van der Waals surface area contributed by atoms with Crippen molar-refractivity contribution in [2.24, 2.45) is 0 Å². The number of nitrogens with zero attached hydrogens (tertiary/aromatic N) is 2. The smallest absolute Gasteiger partial charge is 0.161 e. The Kier molecular flexibility index (Phi) is 4.30. The summed E-state index contributed by atoms with van der Waals surface area (Å²) in [6, 6.07) is 0. The van der Waals surface area contributed by atoms with Gasteiger partial charge in [-0.05, 0) is 25.7 Å². The van der Waals surface area contributed by atoms with E-state index in [1.807, 2.05) is 0 Å². The maximum atomic E-state index is 12.6. The van der Waals surface area contributed by atoms with Crippen LogP contribution in [0, 0.1) is 5.82 Å². The Hall–Kier alpha value is -0.940. The van der Waals surface area contributed by atoms with Crippen molar-refractivity contribution in [2.45, 2.75) is 38.5 Å². The Morgan fingerprint density at radius 2 is 2.50 bits per heavy atom. The average molecular weight is 228 g/mol. The van der Waals surface area contributed by atoms with E-state index in [-0.39, 0.29) is 12.1 Å². The summed E-state index contributed by atoms with van der Waals surface area (Å²) in [6.45, 7) is 2.11. The molecule has 90 valence electrons. The zero-order valence-corrected chi connectivity index (χ0v) is 9.27. The van der Waals surface area contributed by atoms with Crippen molar-refractivity contribution in [2.75, 3.05) is 13.2 Å². The molecule has 0 aliphatic carbocycles. The summed E-state index contributed by atoms with van der Waals surface area (Å²) in [5.41, 5.74) is 0. The molecule has 1 aromatic rings. The minimum atomic E-state index is -0.295. The van der Waals surface area contributed by atoms with Crippen molar-refractivity contribution < 1.29 is 13.9 Å². The normalized spacial score (nSPS) is 21.2. The van der Waals surface area contributed by atoms with Gasteiger partial charge in [0.05, 0.1) is 19.0 Å². The highest BCUT2D eigenvalue weighted by molar-refractivity contribution is 4.83. The number of ether oxygens (including phenoxy) is 2. The van der Waals surface area contributed by atoms with Crippen molar-refractivity contribution in [1.82, 2.24) is 9.78 Å². The Morgan fingerprint density at radius 3 is 3.19 bits per heavy atom. The molecular weight excluding hydrogens is 211 g/mol. The van der Waals surface area contributed by atoms with Crippen molar-refractivity contribution in [3.05, 3.63) is 18.2 Å². The average Bonchev–Trinajstić information content (AvgIpc) is 2.72. The first-order valence-electron chi connectivity index (χ1n) is 5.76. The van der Waals surface area contributed by atoms with Crippen LogP contribution in [0.15, 0.2) is 12.4 Å². The van der Waals surface area contributed by atoms with Gasteiger partial charge in [0.1, 0.15) is 0 Å². The number of hydrogen-bond donors (Lipinski definition) is 0. The minimum absolute atomic E-state index is 0.0388. The number of halogens is 1. The highest BCUT2D eigenvalue weighted by atomic mass is 19.1. The van der Waals surface area contributed by atoms with E-state index in [1.54, 1.807) is 4.68 Å². The van der Waals surface area contributed by atoms with Crippen LogP contribution in [0.1, 0.15) is 25.7 Å². The predicted octanol–water partition coefficient (Wildman–Crippen LogP) is 1.96. The quantitative estimate of drug-likeness (QED) is 0.723. The van der Waals surface area contributed by atoms with Crippen molar-refractivity contribution >= 4 is 0 Å². The monoisotopic (exact) mass is 228 g/mol. The number of hydrogen-bond acceptors (Lipinski definition) is 3. The molecule has 0 aromatic carbocycles. The van der Waals surface area contributed by atoms with Gasteiger partial charge in [0.25, 0.3) is 0 Å². The zero-order valence-electron chi connectivity index (χ0n) is 9.27. The molecule has 1 atom stereocenters. The topological polar surface area (TPSA) is 36.3 Å².